The molecular weight excluding hydrogens is 447 g/mol. The molecule has 1 amide bonds. The number of hydrogen-bond acceptors (Lipinski definition) is 7. The Hall–Kier alpha value is -3.98. The Morgan fingerprint density at radius 1 is 1.26 bits per heavy atom. The fourth-order valence-corrected chi connectivity index (χ4v) is 4.15. The van der Waals surface area contributed by atoms with Crippen LogP contribution in [-0.2, 0) is 4.79 Å². The molecule has 3 aromatic rings. The van der Waals surface area contributed by atoms with E-state index in [1.165, 1.54) is 18.5 Å². The van der Waals surface area contributed by atoms with Crippen LogP contribution in [0.15, 0.2) is 65.1 Å². The van der Waals surface area contributed by atoms with Crippen molar-refractivity contribution >= 4 is 40.2 Å². The molecule has 2 heterocycles. The average Bonchev–Trinajstić information content (AvgIpc) is 3.33. The van der Waals surface area contributed by atoms with E-state index in [1.54, 1.807) is 29.1 Å². The Bertz CT molecular complexity index is 1280. The fourth-order valence-electron chi connectivity index (χ4n) is 4.15. The normalized spacial score (nSPS) is 14.9. The van der Waals surface area contributed by atoms with Crippen LogP contribution in [0.2, 0.25) is 0 Å². The molecule has 2 aromatic carbocycles. The van der Waals surface area contributed by atoms with Gasteiger partial charge in [0.25, 0.3) is 0 Å². The maximum atomic E-state index is 13.5. The second-order valence-electron chi connectivity index (χ2n) is 8.42. The molecule has 1 aliphatic rings. The fraction of sp³-hybridized carbons (Fsp3) is 0.269. The molecule has 0 saturated heterocycles. The molecule has 0 spiro atoms. The third kappa shape index (κ3) is 5.25. The summed E-state index contributed by atoms with van der Waals surface area (Å²) < 4.78 is 19.2. The molecule has 0 fully saturated rings. The summed E-state index contributed by atoms with van der Waals surface area (Å²) in [5.74, 6) is -0.404. The highest BCUT2D eigenvalue weighted by Crippen LogP contribution is 2.30. The van der Waals surface area contributed by atoms with Gasteiger partial charge in [0.15, 0.2) is 12.0 Å². The number of halogens is 1. The summed E-state index contributed by atoms with van der Waals surface area (Å²) >= 11 is 0. The first-order valence-corrected chi connectivity index (χ1v) is 11.4. The highest BCUT2D eigenvalue weighted by molar-refractivity contribution is 5.95. The van der Waals surface area contributed by atoms with Crippen LogP contribution in [0.3, 0.4) is 0 Å². The van der Waals surface area contributed by atoms with Crippen molar-refractivity contribution in [3.8, 4) is 0 Å². The minimum atomic E-state index is -0.352. The highest BCUT2D eigenvalue weighted by atomic mass is 19.1. The number of benzene rings is 2. The maximum Gasteiger partial charge on any atom is 0.245 e. The van der Waals surface area contributed by atoms with Crippen LogP contribution in [0.5, 0.6) is 0 Å². The van der Waals surface area contributed by atoms with Crippen molar-refractivity contribution in [3.63, 3.8) is 0 Å². The van der Waals surface area contributed by atoms with Crippen LogP contribution >= 0.6 is 0 Å². The number of nitrogens with two attached hydrogens (primary N) is 1. The van der Waals surface area contributed by atoms with E-state index < -0.39 is 0 Å². The van der Waals surface area contributed by atoms with Gasteiger partial charge in [-0.3, -0.25) is 9.80 Å². The molecule has 0 radical (unpaired) electrons. The first-order valence-electron chi connectivity index (χ1n) is 11.4. The number of carbonyl (C=O) groups is 1. The van der Waals surface area contributed by atoms with E-state index in [4.69, 9.17) is 15.6 Å². The van der Waals surface area contributed by atoms with Crippen LogP contribution in [0.4, 0.5) is 15.8 Å². The smallest absolute Gasteiger partial charge is 0.245 e. The van der Waals surface area contributed by atoms with Crippen molar-refractivity contribution in [2.75, 3.05) is 30.2 Å². The maximum absolute atomic E-state index is 13.5. The van der Waals surface area contributed by atoms with E-state index in [2.05, 4.69) is 11.1 Å². The van der Waals surface area contributed by atoms with Crippen LogP contribution in [0.1, 0.15) is 31.7 Å². The van der Waals surface area contributed by atoms with Crippen molar-refractivity contribution in [2.24, 2.45) is 5.73 Å². The lowest BCUT2D eigenvalue weighted by Crippen LogP contribution is -2.44. The van der Waals surface area contributed by atoms with E-state index in [1.807, 2.05) is 36.2 Å². The largest absolute Gasteiger partial charge is 0.443 e. The molecule has 0 unspecified atom stereocenters. The Morgan fingerprint density at radius 3 is 2.74 bits per heavy atom. The monoisotopic (exact) mass is 476 g/mol. The summed E-state index contributed by atoms with van der Waals surface area (Å²) in [5, 5.41) is 11.2. The van der Waals surface area contributed by atoms with Crippen LogP contribution in [0.25, 0.3) is 17.2 Å². The highest BCUT2D eigenvalue weighted by Gasteiger charge is 2.23. The lowest BCUT2D eigenvalue weighted by atomic mass is 10.1. The summed E-state index contributed by atoms with van der Waals surface area (Å²) in [5.41, 5.74) is 10.7. The van der Waals surface area contributed by atoms with E-state index >= 15 is 0 Å². The number of rotatable bonds is 7. The van der Waals surface area contributed by atoms with Gasteiger partial charge in [0, 0.05) is 24.7 Å². The zero-order valence-corrected chi connectivity index (χ0v) is 19.9. The van der Waals surface area contributed by atoms with Gasteiger partial charge in [-0.15, -0.1) is 0 Å². The first-order chi connectivity index (χ1) is 16.9. The summed E-state index contributed by atoms with van der Waals surface area (Å²) in [4.78, 5) is 19.2. The minimum absolute atomic E-state index is 0.0524. The summed E-state index contributed by atoms with van der Waals surface area (Å²) in [7, 11) is 1.81. The van der Waals surface area contributed by atoms with Gasteiger partial charge in [-0.1, -0.05) is 6.08 Å². The van der Waals surface area contributed by atoms with Crippen LogP contribution in [-0.4, -0.2) is 41.9 Å². The van der Waals surface area contributed by atoms with E-state index in [9.17, 15) is 9.18 Å². The second-order valence-corrected chi connectivity index (χ2v) is 8.42. The van der Waals surface area contributed by atoms with Gasteiger partial charge < -0.3 is 20.5 Å². The van der Waals surface area contributed by atoms with Crippen molar-refractivity contribution < 1.29 is 13.6 Å². The Balaban J connectivity index is 1.66. The lowest BCUT2D eigenvalue weighted by molar-refractivity contribution is -0.121. The Kier molecular flexibility index (Phi) is 7.26. The zero-order chi connectivity index (χ0) is 24.9. The third-order valence-corrected chi connectivity index (χ3v) is 5.85. The number of amides is 1. The van der Waals surface area contributed by atoms with Gasteiger partial charge >= 0.3 is 0 Å². The van der Waals surface area contributed by atoms with Gasteiger partial charge in [-0.2, -0.15) is 0 Å². The zero-order valence-electron chi connectivity index (χ0n) is 19.9. The van der Waals surface area contributed by atoms with Gasteiger partial charge in [0.1, 0.15) is 11.3 Å². The molecule has 9 heteroatoms. The summed E-state index contributed by atoms with van der Waals surface area (Å²) in [6.07, 6.45) is 9.21. The number of carbonyl (C=O) groups excluding carboxylic acids is 1. The molecule has 1 aromatic heterocycles. The average molecular weight is 477 g/mol. The SMILES string of the molecule is CC(=N)CN(CN)c1ccc(C=CC2=CCCCC(=O)N(c3ccc(F)cc3)N2C)c2ocnc12. The van der Waals surface area contributed by atoms with Crippen LogP contribution < -0.4 is 15.6 Å². The van der Waals surface area contributed by atoms with Gasteiger partial charge in [0.2, 0.25) is 5.91 Å². The third-order valence-electron chi connectivity index (χ3n) is 5.85. The predicted octanol–water partition coefficient (Wildman–Crippen LogP) is 4.69. The first kappa shape index (κ1) is 24.2. The number of likely N-dealkylation sites (N-methyl/N-ethyl adjacent to an activating group) is 1. The molecule has 8 nitrogen and oxygen atoms in total. The predicted molar refractivity (Wildman–Crippen MR) is 136 cm³/mol. The Labute approximate surface area is 203 Å². The number of hydrazine groups is 1. The van der Waals surface area contributed by atoms with Crippen molar-refractivity contribution in [3.05, 3.63) is 72.0 Å². The number of anilines is 2. The molecule has 182 valence electrons. The number of nitrogens with zero attached hydrogens (tertiary/aromatic N) is 4. The second kappa shape index (κ2) is 10.5. The minimum Gasteiger partial charge on any atom is -0.443 e. The number of aromatic nitrogens is 1. The molecule has 35 heavy (non-hydrogen) atoms. The number of fused-ring (bicyclic) bond motifs is 1. The van der Waals surface area contributed by atoms with Gasteiger partial charge in [-0.05, 0) is 68.3 Å². The standard InChI is InChI=1S/C26H29FN6O2/c1-18(29)15-32(16-28)23-14-8-19(26-25(23)30-17-35-26)7-11-21-5-3-4-6-24(34)33(31(21)2)22-12-9-20(27)10-13-22/h5,7-14,17,29H,3-4,6,15-16,28H2,1-2H3. The van der Waals surface area contributed by atoms with E-state index in [0.717, 1.165) is 29.8 Å². The Morgan fingerprint density at radius 2 is 2.03 bits per heavy atom. The van der Waals surface area contributed by atoms with E-state index in [0.29, 0.717) is 35.5 Å². The van der Waals surface area contributed by atoms with Crippen molar-refractivity contribution in [1.82, 2.24) is 9.99 Å². The van der Waals surface area contributed by atoms with Crippen LogP contribution in [0, 0.1) is 11.2 Å². The van der Waals surface area contributed by atoms with E-state index in [-0.39, 0.29) is 18.4 Å². The number of hydrogen-bond donors (Lipinski definition) is 2. The van der Waals surface area contributed by atoms with Crippen molar-refractivity contribution in [2.45, 2.75) is 26.2 Å². The molecule has 0 saturated carbocycles. The van der Waals surface area contributed by atoms with Crippen molar-refractivity contribution in [1.29, 1.82) is 5.41 Å². The molecule has 0 aliphatic carbocycles. The molecular formula is C26H29FN6O2. The lowest BCUT2D eigenvalue weighted by Gasteiger charge is -2.35. The van der Waals surface area contributed by atoms with Gasteiger partial charge in [0.05, 0.1) is 30.3 Å². The molecule has 4 rings (SSSR count). The van der Waals surface area contributed by atoms with Gasteiger partial charge in [-0.25, -0.2) is 14.4 Å². The topological polar surface area (TPSA) is 103 Å². The quantitative estimate of drug-likeness (QED) is 0.379. The summed E-state index contributed by atoms with van der Waals surface area (Å²) in [6, 6.07) is 9.74. The molecule has 3 N–H and O–H groups in total. The number of oxazole rings is 1. The summed E-state index contributed by atoms with van der Waals surface area (Å²) in [6.45, 7) is 2.38. The molecule has 0 bridgehead atoms. The molecule has 1 aliphatic heterocycles. The number of nitrogens with one attached hydrogen (secondary N) is 1. The number of allylic oxidation sites excluding steroid dienone is 2. The molecule has 0 atom stereocenters.